The van der Waals surface area contributed by atoms with Crippen molar-refractivity contribution in [2.75, 3.05) is 44.7 Å². The lowest BCUT2D eigenvalue weighted by molar-refractivity contribution is -0.121. The van der Waals surface area contributed by atoms with E-state index >= 15 is 0 Å². The number of hydrogen-bond acceptors (Lipinski definition) is 4. The van der Waals surface area contributed by atoms with Crippen LogP contribution in [0.4, 0.5) is 10.5 Å². The molecule has 8 nitrogen and oxygen atoms in total. The van der Waals surface area contributed by atoms with E-state index in [-0.39, 0.29) is 17.9 Å². The summed E-state index contributed by atoms with van der Waals surface area (Å²) in [6.07, 6.45) is 5.20. The van der Waals surface area contributed by atoms with Gasteiger partial charge in [-0.15, -0.1) is 0 Å². The Kier molecular flexibility index (Phi) is 5.57. The molecule has 1 N–H and O–H groups in total. The molecule has 0 unspecified atom stereocenters. The summed E-state index contributed by atoms with van der Waals surface area (Å²) in [6.45, 7) is 3.56. The van der Waals surface area contributed by atoms with Gasteiger partial charge in [0.25, 0.3) is 0 Å². The van der Waals surface area contributed by atoms with Gasteiger partial charge in [0.2, 0.25) is 5.91 Å². The van der Waals surface area contributed by atoms with Gasteiger partial charge in [0, 0.05) is 44.3 Å². The van der Waals surface area contributed by atoms with Crippen LogP contribution in [-0.2, 0) is 9.53 Å². The number of rotatable bonds is 3. The van der Waals surface area contributed by atoms with Crippen LogP contribution in [-0.4, -0.2) is 70.9 Å². The van der Waals surface area contributed by atoms with Crippen LogP contribution >= 0.6 is 0 Å². The van der Waals surface area contributed by atoms with Gasteiger partial charge in [-0.25, -0.2) is 9.48 Å². The summed E-state index contributed by atoms with van der Waals surface area (Å²) in [6, 6.07) is 9.46. The molecule has 0 aliphatic carbocycles. The number of carbonyl (C=O) groups excluding carboxylic acids is 2. The molecular weight excluding hydrogens is 358 g/mol. The van der Waals surface area contributed by atoms with E-state index < -0.39 is 0 Å². The molecule has 3 heterocycles. The first-order valence-corrected chi connectivity index (χ1v) is 9.73. The molecule has 8 heteroatoms. The second kappa shape index (κ2) is 8.43. The van der Waals surface area contributed by atoms with Crippen molar-refractivity contribution in [3.05, 3.63) is 42.7 Å². The lowest BCUT2D eigenvalue weighted by Gasteiger charge is -2.37. The standard InChI is InChI=1S/C20H25N5O3/c26-19(22-17-5-1-6-18(14-17)25-9-3-7-21-25)16-4-2-8-24(15-16)20(27)23-10-12-28-13-11-23/h1,3,5-7,9,14,16H,2,4,8,10-13,15H2,(H,22,26)/t16-/m1/s1. The minimum absolute atomic E-state index is 0.0153. The van der Waals surface area contributed by atoms with Crippen LogP contribution in [0, 0.1) is 5.92 Å². The molecule has 2 aliphatic heterocycles. The Bertz CT molecular complexity index is 817. The zero-order chi connectivity index (χ0) is 19.3. The number of hydrogen-bond donors (Lipinski definition) is 1. The van der Waals surface area contributed by atoms with E-state index in [1.807, 2.05) is 41.4 Å². The fourth-order valence-corrected chi connectivity index (χ4v) is 3.71. The smallest absolute Gasteiger partial charge is 0.320 e. The number of likely N-dealkylation sites (tertiary alicyclic amines) is 1. The highest BCUT2D eigenvalue weighted by Gasteiger charge is 2.31. The predicted molar refractivity (Wildman–Crippen MR) is 104 cm³/mol. The van der Waals surface area contributed by atoms with E-state index in [4.69, 9.17) is 4.74 Å². The first-order chi connectivity index (χ1) is 13.7. The Morgan fingerprint density at radius 2 is 1.96 bits per heavy atom. The van der Waals surface area contributed by atoms with Crippen LogP contribution in [0.5, 0.6) is 0 Å². The topological polar surface area (TPSA) is 79.7 Å². The SMILES string of the molecule is O=C(Nc1cccc(-n2cccn2)c1)[C@@H]1CCCN(C(=O)N2CCOCC2)C1. The number of carbonyl (C=O) groups is 2. The van der Waals surface area contributed by atoms with Gasteiger partial charge in [-0.2, -0.15) is 5.10 Å². The number of nitrogens with one attached hydrogen (secondary N) is 1. The van der Waals surface area contributed by atoms with Gasteiger partial charge >= 0.3 is 6.03 Å². The van der Waals surface area contributed by atoms with Crippen molar-refractivity contribution in [1.82, 2.24) is 19.6 Å². The molecule has 0 radical (unpaired) electrons. The van der Waals surface area contributed by atoms with Gasteiger partial charge in [-0.1, -0.05) is 6.07 Å². The molecule has 2 fully saturated rings. The monoisotopic (exact) mass is 383 g/mol. The average molecular weight is 383 g/mol. The van der Waals surface area contributed by atoms with Crippen LogP contribution in [0.25, 0.3) is 5.69 Å². The van der Waals surface area contributed by atoms with E-state index in [1.165, 1.54) is 0 Å². The molecule has 2 saturated heterocycles. The Morgan fingerprint density at radius 1 is 1.11 bits per heavy atom. The molecule has 4 rings (SSSR count). The third kappa shape index (κ3) is 4.17. The van der Waals surface area contributed by atoms with Gasteiger partial charge in [0.05, 0.1) is 24.8 Å². The summed E-state index contributed by atoms with van der Waals surface area (Å²) in [5.41, 5.74) is 1.62. The van der Waals surface area contributed by atoms with Crippen LogP contribution in [0.2, 0.25) is 0 Å². The number of anilines is 1. The van der Waals surface area contributed by atoms with Crippen LogP contribution in [0.15, 0.2) is 42.7 Å². The summed E-state index contributed by atoms with van der Waals surface area (Å²) in [7, 11) is 0. The summed E-state index contributed by atoms with van der Waals surface area (Å²) in [5.74, 6) is -0.246. The van der Waals surface area contributed by atoms with Gasteiger partial charge in [0.1, 0.15) is 0 Å². The van der Waals surface area contributed by atoms with Gasteiger partial charge in [-0.3, -0.25) is 4.79 Å². The van der Waals surface area contributed by atoms with Gasteiger partial charge in [0.15, 0.2) is 0 Å². The predicted octanol–water partition coefficient (Wildman–Crippen LogP) is 1.97. The van der Waals surface area contributed by atoms with Crippen LogP contribution < -0.4 is 5.32 Å². The zero-order valence-corrected chi connectivity index (χ0v) is 15.8. The summed E-state index contributed by atoms with van der Waals surface area (Å²) < 4.78 is 7.07. The maximum Gasteiger partial charge on any atom is 0.320 e. The first-order valence-electron chi connectivity index (χ1n) is 9.73. The van der Waals surface area contributed by atoms with Crippen molar-refractivity contribution in [1.29, 1.82) is 0 Å². The molecule has 0 spiro atoms. The Balaban J connectivity index is 1.38. The maximum atomic E-state index is 12.8. The van der Waals surface area contributed by atoms with Crippen molar-refractivity contribution in [3.8, 4) is 5.69 Å². The zero-order valence-electron chi connectivity index (χ0n) is 15.8. The lowest BCUT2D eigenvalue weighted by Crippen LogP contribution is -2.52. The number of urea groups is 1. The molecule has 148 valence electrons. The van der Waals surface area contributed by atoms with Gasteiger partial charge in [-0.05, 0) is 37.1 Å². The van der Waals surface area contributed by atoms with Crippen molar-refractivity contribution in [2.45, 2.75) is 12.8 Å². The molecule has 1 atom stereocenters. The Morgan fingerprint density at radius 3 is 2.75 bits per heavy atom. The Labute approximate surface area is 164 Å². The number of aromatic nitrogens is 2. The highest BCUT2D eigenvalue weighted by Crippen LogP contribution is 2.21. The normalized spacial score (nSPS) is 20.1. The highest BCUT2D eigenvalue weighted by atomic mass is 16.5. The van der Waals surface area contributed by atoms with Crippen molar-refractivity contribution in [3.63, 3.8) is 0 Å². The van der Waals surface area contributed by atoms with E-state index in [2.05, 4.69) is 10.4 Å². The fraction of sp³-hybridized carbons (Fsp3) is 0.450. The lowest BCUT2D eigenvalue weighted by atomic mass is 9.97. The minimum Gasteiger partial charge on any atom is -0.378 e. The Hall–Kier alpha value is -2.87. The maximum absolute atomic E-state index is 12.8. The number of morpholine rings is 1. The third-order valence-corrected chi connectivity index (χ3v) is 5.23. The molecule has 0 bridgehead atoms. The first kappa shape index (κ1) is 18.5. The largest absolute Gasteiger partial charge is 0.378 e. The number of ether oxygens (including phenoxy) is 1. The van der Waals surface area contributed by atoms with Crippen molar-refractivity contribution < 1.29 is 14.3 Å². The molecule has 3 amide bonds. The second-order valence-electron chi connectivity index (χ2n) is 7.16. The van der Waals surface area contributed by atoms with E-state index in [0.717, 1.165) is 24.2 Å². The molecule has 1 aromatic heterocycles. The molecule has 0 saturated carbocycles. The summed E-state index contributed by atoms with van der Waals surface area (Å²) >= 11 is 0. The van der Waals surface area contributed by atoms with Crippen LogP contribution in [0.1, 0.15) is 12.8 Å². The van der Waals surface area contributed by atoms with E-state index in [0.29, 0.717) is 39.4 Å². The van der Waals surface area contributed by atoms with Gasteiger partial charge < -0.3 is 19.9 Å². The number of amides is 3. The molecule has 28 heavy (non-hydrogen) atoms. The summed E-state index contributed by atoms with van der Waals surface area (Å²) in [4.78, 5) is 29.1. The van der Waals surface area contributed by atoms with Crippen molar-refractivity contribution in [2.24, 2.45) is 5.92 Å². The number of nitrogens with zero attached hydrogens (tertiary/aromatic N) is 4. The third-order valence-electron chi connectivity index (χ3n) is 5.23. The minimum atomic E-state index is -0.202. The molecular formula is C20H25N5O3. The fourth-order valence-electron chi connectivity index (χ4n) is 3.71. The average Bonchev–Trinajstić information content (AvgIpc) is 3.29. The molecule has 1 aromatic carbocycles. The van der Waals surface area contributed by atoms with Crippen molar-refractivity contribution >= 4 is 17.6 Å². The second-order valence-corrected chi connectivity index (χ2v) is 7.16. The quantitative estimate of drug-likeness (QED) is 0.879. The molecule has 2 aliphatic rings. The summed E-state index contributed by atoms with van der Waals surface area (Å²) in [5, 5.41) is 7.22. The number of piperidine rings is 1. The highest BCUT2D eigenvalue weighted by molar-refractivity contribution is 5.93. The van der Waals surface area contributed by atoms with Crippen LogP contribution in [0.3, 0.4) is 0 Å². The molecule has 2 aromatic rings. The number of benzene rings is 1. The van der Waals surface area contributed by atoms with E-state index in [1.54, 1.807) is 15.8 Å². The van der Waals surface area contributed by atoms with E-state index in [9.17, 15) is 9.59 Å².